The molecule has 0 atom stereocenters. The van der Waals surface area contributed by atoms with Gasteiger partial charge in [0, 0.05) is 0 Å². The van der Waals surface area contributed by atoms with Gasteiger partial charge in [-0.25, -0.2) is 0 Å². The molecule has 0 bridgehead atoms. The van der Waals surface area contributed by atoms with Gasteiger partial charge in [0.15, 0.2) is 0 Å². The SMILES string of the molecule is O.O.O.O.O.O.[Br-].[Br-].[Br-].[Fe+3]. The molecule has 0 aromatic carbocycles. The van der Waals surface area contributed by atoms with Crippen molar-refractivity contribution in [2.45, 2.75) is 0 Å². The summed E-state index contributed by atoms with van der Waals surface area (Å²) in [6.07, 6.45) is 0. The molecule has 0 aliphatic carbocycles. The van der Waals surface area contributed by atoms with Crippen LogP contribution in [0.3, 0.4) is 0 Å². The van der Waals surface area contributed by atoms with Gasteiger partial charge in [-0.05, 0) is 0 Å². The third kappa shape index (κ3) is 250. The Balaban J connectivity index is 0. The van der Waals surface area contributed by atoms with Crippen LogP contribution in [0.1, 0.15) is 0 Å². The number of hydrogen-bond acceptors (Lipinski definition) is 0. The minimum Gasteiger partial charge on any atom is -1.00 e. The first kappa shape index (κ1) is 455. The minimum absolute atomic E-state index is 0. The molecule has 1 radical (unpaired) electrons. The molecule has 10 heteroatoms. The van der Waals surface area contributed by atoms with Crippen molar-refractivity contribution in [3.05, 3.63) is 0 Å². The van der Waals surface area contributed by atoms with Crippen LogP contribution in [0.15, 0.2) is 0 Å². The third-order valence-corrected chi connectivity index (χ3v) is 0. The zero-order valence-corrected chi connectivity index (χ0v) is 10.3. The summed E-state index contributed by atoms with van der Waals surface area (Å²) in [4.78, 5) is 0. The van der Waals surface area contributed by atoms with E-state index in [2.05, 4.69) is 0 Å². The van der Waals surface area contributed by atoms with Gasteiger partial charge in [0.2, 0.25) is 0 Å². The van der Waals surface area contributed by atoms with E-state index in [-0.39, 0.29) is 101 Å². The summed E-state index contributed by atoms with van der Waals surface area (Å²) in [5.74, 6) is 0. The Morgan fingerprint density at radius 2 is 0.300 bits per heavy atom. The van der Waals surface area contributed by atoms with Crippen LogP contribution in [-0.2, 0) is 17.1 Å². The van der Waals surface area contributed by atoms with E-state index in [1.165, 1.54) is 0 Å². The molecule has 0 amide bonds. The van der Waals surface area contributed by atoms with Crippen molar-refractivity contribution < 1.29 is 101 Å². The van der Waals surface area contributed by atoms with E-state index in [4.69, 9.17) is 0 Å². The van der Waals surface area contributed by atoms with Gasteiger partial charge in [-0.1, -0.05) is 0 Å². The Morgan fingerprint density at radius 3 is 0.300 bits per heavy atom. The molecule has 0 aromatic heterocycles. The van der Waals surface area contributed by atoms with Crippen LogP contribution in [0.25, 0.3) is 0 Å². The zero-order valence-electron chi connectivity index (χ0n) is 4.49. The molecule has 0 aromatic rings. The van der Waals surface area contributed by atoms with Gasteiger partial charge in [-0.3, -0.25) is 0 Å². The van der Waals surface area contributed by atoms with Gasteiger partial charge in [0.25, 0.3) is 0 Å². The first-order valence-electron chi connectivity index (χ1n) is 0. The second kappa shape index (κ2) is 343. The smallest absolute Gasteiger partial charge is 1.00 e. The maximum atomic E-state index is 0. The maximum Gasteiger partial charge on any atom is 3.00 e. The molecule has 10 heavy (non-hydrogen) atoms. The molecule has 0 aliphatic rings. The quantitative estimate of drug-likeness (QED) is 0.347. The Bertz CT molecular complexity index is 13.0. The molecule has 6 nitrogen and oxygen atoms in total. The summed E-state index contributed by atoms with van der Waals surface area (Å²) in [7, 11) is 0. The summed E-state index contributed by atoms with van der Waals surface area (Å²) in [5.41, 5.74) is 0. The molecular weight excluding hydrogens is 392 g/mol. The van der Waals surface area contributed by atoms with Crippen LogP contribution in [0.4, 0.5) is 0 Å². The van der Waals surface area contributed by atoms with Crippen molar-refractivity contribution in [1.82, 2.24) is 0 Å². The molecule has 12 N–H and O–H groups in total. The van der Waals surface area contributed by atoms with Gasteiger partial charge in [0.05, 0.1) is 0 Å². The first-order chi connectivity index (χ1) is 0. The number of rotatable bonds is 0. The number of halogens is 3. The fourth-order valence-electron chi connectivity index (χ4n) is 0. The molecule has 0 rings (SSSR count). The molecule has 0 unspecified atom stereocenters. The van der Waals surface area contributed by atoms with Crippen molar-refractivity contribution >= 4 is 0 Å². The zero-order chi connectivity index (χ0) is 0. The van der Waals surface area contributed by atoms with Gasteiger partial charge < -0.3 is 83.8 Å². The maximum absolute atomic E-state index is 0. The predicted octanol–water partition coefficient (Wildman–Crippen LogP) is -13.9. The second-order valence-corrected chi connectivity index (χ2v) is 0. The van der Waals surface area contributed by atoms with Crippen molar-refractivity contribution in [2.75, 3.05) is 0 Å². The van der Waals surface area contributed by atoms with Crippen molar-refractivity contribution in [3.63, 3.8) is 0 Å². The van der Waals surface area contributed by atoms with Crippen LogP contribution < -0.4 is 50.9 Å². The van der Waals surface area contributed by atoms with Crippen LogP contribution >= 0.6 is 0 Å². The molecule has 0 aliphatic heterocycles. The van der Waals surface area contributed by atoms with Crippen molar-refractivity contribution in [1.29, 1.82) is 0 Å². The first-order valence-corrected chi connectivity index (χ1v) is 0. The molecule has 0 fully saturated rings. The third-order valence-electron chi connectivity index (χ3n) is 0. The molecule has 0 spiro atoms. The summed E-state index contributed by atoms with van der Waals surface area (Å²) in [6, 6.07) is 0. The van der Waals surface area contributed by atoms with Crippen LogP contribution in [0.2, 0.25) is 0 Å². The van der Waals surface area contributed by atoms with Crippen LogP contribution in [-0.4, -0.2) is 32.9 Å². The van der Waals surface area contributed by atoms with Gasteiger partial charge >= 0.3 is 17.1 Å². The van der Waals surface area contributed by atoms with Gasteiger partial charge in [-0.15, -0.1) is 0 Å². The van der Waals surface area contributed by atoms with E-state index in [0.717, 1.165) is 0 Å². The van der Waals surface area contributed by atoms with Gasteiger partial charge in [-0.2, -0.15) is 0 Å². The molecule has 0 saturated heterocycles. The number of hydrogen-bond donors (Lipinski definition) is 0. The van der Waals surface area contributed by atoms with E-state index in [1.807, 2.05) is 0 Å². The fraction of sp³-hybridized carbons (Fsp3) is 0. The standard InChI is InChI=1S/3BrH.Fe.6H2O/h3*1H;;6*1H2/q;;;+3;;;;;;/p-3. The average Bonchev–Trinajstić information content (AvgIpc) is 0. The summed E-state index contributed by atoms with van der Waals surface area (Å²) in [5, 5.41) is 0. The monoisotopic (exact) mass is 401 g/mol. The normalized spacial score (nSPS) is 0. The van der Waals surface area contributed by atoms with Crippen LogP contribution in [0, 0.1) is 0 Å². The molecule has 0 heterocycles. The summed E-state index contributed by atoms with van der Waals surface area (Å²) in [6.45, 7) is 0. The topological polar surface area (TPSA) is 189 Å². The van der Waals surface area contributed by atoms with Gasteiger partial charge in [0.1, 0.15) is 0 Å². The van der Waals surface area contributed by atoms with Crippen molar-refractivity contribution in [2.24, 2.45) is 0 Å². The Hall–Kier alpha value is 1.72. The van der Waals surface area contributed by atoms with Crippen LogP contribution in [0.5, 0.6) is 0 Å². The van der Waals surface area contributed by atoms with E-state index in [0.29, 0.717) is 0 Å². The molecule has 77 valence electrons. The van der Waals surface area contributed by atoms with E-state index in [9.17, 15) is 0 Å². The Morgan fingerprint density at radius 1 is 0.300 bits per heavy atom. The average molecular weight is 404 g/mol. The van der Waals surface area contributed by atoms with E-state index < -0.39 is 0 Å². The Labute approximate surface area is 100 Å². The summed E-state index contributed by atoms with van der Waals surface area (Å²) >= 11 is 0. The van der Waals surface area contributed by atoms with E-state index in [1.54, 1.807) is 0 Å². The summed E-state index contributed by atoms with van der Waals surface area (Å²) < 4.78 is 0. The largest absolute Gasteiger partial charge is 3.00 e. The molecule has 0 saturated carbocycles. The molecular formula is H12Br3FeO6. The fourth-order valence-corrected chi connectivity index (χ4v) is 0. The Kier molecular flexibility index (Phi) is 15600. The second-order valence-electron chi connectivity index (χ2n) is 0. The van der Waals surface area contributed by atoms with E-state index >= 15 is 0 Å². The predicted molar refractivity (Wildman–Crippen MR) is 21.7 cm³/mol. The minimum atomic E-state index is 0. The van der Waals surface area contributed by atoms with Crippen molar-refractivity contribution in [3.8, 4) is 0 Å².